The highest BCUT2D eigenvalue weighted by Crippen LogP contribution is 2.53. The largest absolute Gasteiger partial charge is 0.444 e. The second-order valence-electron chi connectivity index (χ2n) is 7.02. The molecule has 110 valence electrons. The van der Waals surface area contributed by atoms with Crippen molar-refractivity contribution in [2.24, 2.45) is 11.1 Å². The first kappa shape index (κ1) is 14.6. The average Bonchev–Trinajstić information content (AvgIpc) is 2.25. The number of nitrogens with two attached hydrogens (primary N) is 1. The molecule has 1 atom stereocenters. The number of ether oxygens (including phenoxy) is 1. The maximum absolute atomic E-state index is 12.1. The zero-order valence-electron chi connectivity index (χ0n) is 12.2. The van der Waals surface area contributed by atoms with Gasteiger partial charge in [0.05, 0.1) is 5.60 Å². The summed E-state index contributed by atoms with van der Waals surface area (Å²) >= 11 is 0. The van der Waals surface area contributed by atoms with Crippen LogP contribution in [-0.4, -0.2) is 46.9 Å². The molecule has 2 aliphatic rings. The minimum absolute atomic E-state index is 0.211. The van der Waals surface area contributed by atoms with Crippen LogP contribution in [0.2, 0.25) is 0 Å². The molecule has 0 aromatic rings. The minimum atomic E-state index is -0.816. The number of carbonyl (C=O) groups excluding carboxylic acids is 1. The van der Waals surface area contributed by atoms with Crippen LogP contribution in [0.25, 0.3) is 0 Å². The van der Waals surface area contributed by atoms with Crippen molar-refractivity contribution < 1.29 is 14.6 Å². The van der Waals surface area contributed by atoms with Gasteiger partial charge < -0.3 is 20.5 Å². The van der Waals surface area contributed by atoms with Crippen LogP contribution in [0.3, 0.4) is 0 Å². The summed E-state index contributed by atoms with van der Waals surface area (Å²) in [5, 5.41) is 10.7. The molecule has 2 rings (SSSR count). The van der Waals surface area contributed by atoms with Gasteiger partial charge >= 0.3 is 6.09 Å². The normalized spacial score (nSPS) is 30.1. The summed E-state index contributed by atoms with van der Waals surface area (Å²) in [6, 6.07) is 0. The minimum Gasteiger partial charge on any atom is -0.444 e. The zero-order chi connectivity index (χ0) is 14.3. The van der Waals surface area contributed by atoms with E-state index in [1.54, 1.807) is 4.90 Å². The molecule has 1 aliphatic heterocycles. The topological polar surface area (TPSA) is 75.8 Å². The van der Waals surface area contributed by atoms with Crippen LogP contribution in [0.15, 0.2) is 0 Å². The van der Waals surface area contributed by atoms with Gasteiger partial charge in [-0.3, -0.25) is 0 Å². The number of hydrogen-bond acceptors (Lipinski definition) is 4. The first-order chi connectivity index (χ1) is 8.71. The molecule has 3 N–H and O–H groups in total. The van der Waals surface area contributed by atoms with Gasteiger partial charge in [-0.15, -0.1) is 0 Å². The molecule has 1 unspecified atom stereocenters. The van der Waals surface area contributed by atoms with Crippen molar-refractivity contribution in [3.05, 3.63) is 0 Å². The molecule has 2 fully saturated rings. The summed E-state index contributed by atoms with van der Waals surface area (Å²) in [5.41, 5.74) is 4.25. The highest BCUT2D eigenvalue weighted by molar-refractivity contribution is 5.68. The van der Waals surface area contributed by atoms with Crippen LogP contribution in [0.4, 0.5) is 4.79 Å². The molecule has 1 amide bonds. The first-order valence-electron chi connectivity index (χ1n) is 7.12. The van der Waals surface area contributed by atoms with Gasteiger partial charge in [-0.05, 0) is 40.0 Å². The Labute approximate surface area is 115 Å². The summed E-state index contributed by atoms with van der Waals surface area (Å²) in [4.78, 5) is 13.9. The van der Waals surface area contributed by atoms with E-state index in [1.807, 2.05) is 20.8 Å². The molecule has 5 heteroatoms. The molecule has 5 nitrogen and oxygen atoms in total. The number of aliphatic hydroxyl groups is 1. The van der Waals surface area contributed by atoms with Crippen molar-refractivity contribution in [3.8, 4) is 0 Å². The molecule has 19 heavy (non-hydrogen) atoms. The lowest BCUT2D eigenvalue weighted by atomic mass is 9.56. The van der Waals surface area contributed by atoms with Crippen molar-refractivity contribution in [3.63, 3.8) is 0 Å². The van der Waals surface area contributed by atoms with Gasteiger partial charge in [0.2, 0.25) is 0 Å². The summed E-state index contributed by atoms with van der Waals surface area (Å²) in [6.45, 7) is 6.95. The van der Waals surface area contributed by atoms with E-state index in [0.29, 0.717) is 19.5 Å². The Morgan fingerprint density at radius 3 is 2.42 bits per heavy atom. The number of carbonyl (C=O) groups is 1. The Balaban J connectivity index is 2.06. The maximum Gasteiger partial charge on any atom is 0.410 e. The van der Waals surface area contributed by atoms with Crippen LogP contribution in [0.1, 0.15) is 46.5 Å². The van der Waals surface area contributed by atoms with Gasteiger partial charge in [0.15, 0.2) is 0 Å². The van der Waals surface area contributed by atoms with Crippen molar-refractivity contribution in [1.29, 1.82) is 0 Å². The Bertz CT molecular complexity index is 360. The predicted molar refractivity (Wildman–Crippen MR) is 72.7 cm³/mol. The second-order valence-corrected chi connectivity index (χ2v) is 7.02. The summed E-state index contributed by atoms with van der Waals surface area (Å²) < 4.78 is 5.42. The Hall–Kier alpha value is -0.810. The quantitative estimate of drug-likeness (QED) is 0.757. The van der Waals surface area contributed by atoms with Gasteiger partial charge in [-0.2, -0.15) is 0 Å². The van der Waals surface area contributed by atoms with E-state index in [-0.39, 0.29) is 18.1 Å². The SMILES string of the molecule is CC(C)(C)OC(=O)N1CCC(O)(CN)C2(CCC2)C1. The molecule has 0 aromatic carbocycles. The van der Waals surface area contributed by atoms with E-state index in [2.05, 4.69) is 0 Å². The van der Waals surface area contributed by atoms with E-state index < -0.39 is 11.2 Å². The smallest absolute Gasteiger partial charge is 0.410 e. The fraction of sp³-hybridized carbons (Fsp3) is 0.929. The Morgan fingerprint density at radius 1 is 1.37 bits per heavy atom. The van der Waals surface area contributed by atoms with Crippen LogP contribution >= 0.6 is 0 Å². The average molecular weight is 270 g/mol. The number of amides is 1. The first-order valence-corrected chi connectivity index (χ1v) is 7.12. The molecular weight excluding hydrogens is 244 g/mol. The van der Waals surface area contributed by atoms with Crippen LogP contribution < -0.4 is 5.73 Å². The van der Waals surface area contributed by atoms with Crippen molar-refractivity contribution >= 4 is 6.09 Å². The predicted octanol–water partition coefficient (Wildman–Crippen LogP) is 1.49. The van der Waals surface area contributed by atoms with Gasteiger partial charge in [0.1, 0.15) is 5.60 Å². The highest BCUT2D eigenvalue weighted by Gasteiger charge is 2.57. The van der Waals surface area contributed by atoms with Crippen LogP contribution in [-0.2, 0) is 4.74 Å². The molecule has 0 bridgehead atoms. The molecule has 1 saturated carbocycles. The van der Waals surface area contributed by atoms with E-state index >= 15 is 0 Å². The molecule has 1 aliphatic carbocycles. The zero-order valence-corrected chi connectivity index (χ0v) is 12.2. The number of nitrogens with zero attached hydrogens (tertiary/aromatic N) is 1. The Morgan fingerprint density at radius 2 is 2.00 bits per heavy atom. The van der Waals surface area contributed by atoms with Gasteiger partial charge in [-0.25, -0.2) is 4.79 Å². The molecule has 1 saturated heterocycles. The fourth-order valence-electron chi connectivity index (χ4n) is 3.20. The lowest BCUT2D eigenvalue weighted by Gasteiger charge is -2.58. The van der Waals surface area contributed by atoms with Crippen LogP contribution in [0, 0.1) is 5.41 Å². The van der Waals surface area contributed by atoms with Crippen LogP contribution in [0.5, 0.6) is 0 Å². The fourth-order valence-corrected chi connectivity index (χ4v) is 3.20. The summed E-state index contributed by atoms with van der Waals surface area (Å²) in [6.07, 6.45) is 3.26. The highest BCUT2D eigenvalue weighted by atomic mass is 16.6. The third kappa shape index (κ3) is 2.58. The molecular formula is C14H26N2O3. The third-order valence-electron chi connectivity index (χ3n) is 4.58. The summed E-state index contributed by atoms with van der Waals surface area (Å²) in [5.74, 6) is 0. The lowest BCUT2D eigenvalue weighted by Crippen LogP contribution is -2.66. The number of piperidine rings is 1. The maximum atomic E-state index is 12.1. The monoisotopic (exact) mass is 270 g/mol. The third-order valence-corrected chi connectivity index (χ3v) is 4.58. The van der Waals surface area contributed by atoms with E-state index in [4.69, 9.17) is 10.5 Å². The Kier molecular flexibility index (Phi) is 3.56. The number of hydrogen-bond donors (Lipinski definition) is 2. The van der Waals surface area contributed by atoms with Gasteiger partial charge in [0, 0.05) is 25.0 Å². The molecule has 0 radical (unpaired) electrons. The standard InChI is InChI=1S/C14H26N2O3/c1-12(2,3)19-11(17)16-8-7-14(18,9-15)13(10-16)5-4-6-13/h18H,4-10,15H2,1-3H3. The lowest BCUT2D eigenvalue weighted by molar-refractivity contribution is -0.163. The van der Waals surface area contributed by atoms with Crippen molar-refractivity contribution in [2.45, 2.75) is 57.7 Å². The van der Waals surface area contributed by atoms with E-state index in [1.165, 1.54) is 0 Å². The van der Waals surface area contributed by atoms with Crippen molar-refractivity contribution in [1.82, 2.24) is 4.90 Å². The summed E-state index contributed by atoms with van der Waals surface area (Å²) in [7, 11) is 0. The van der Waals surface area contributed by atoms with Gasteiger partial charge in [0.25, 0.3) is 0 Å². The molecule has 1 spiro atoms. The van der Waals surface area contributed by atoms with E-state index in [9.17, 15) is 9.90 Å². The van der Waals surface area contributed by atoms with E-state index in [0.717, 1.165) is 19.3 Å². The van der Waals surface area contributed by atoms with Crippen molar-refractivity contribution in [2.75, 3.05) is 19.6 Å². The van der Waals surface area contributed by atoms with Gasteiger partial charge in [-0.1, -0.05) is 6.42 Å². The molecule has 1 heterocycles. The number of rotatable bonds is 1. The number of likely N-dealkylation sites (tertiary alicyclic amines) is 1. The molecule has 0 aromatic heterocycles. The second kappa shape index (κ2) is 4.63.